The zero-order valence-electron chi connectivity index (χ0n) is 12.7. The third kappa shape index (κ3) is 4.29. The van der Waals surface area contributed by atoms with E-state index >= 15 is 0 Å². The molecule has 0 radical (unpaired) electrons. The Bertz CT molecular complexity index is 714. The Hall–Kier alpha value is -2.41. The second kappa shape index (κ2) is 7.73. The number of rotatable bonds is 6. The molecule has 2 rings (SSSR count). The minimum atomic E-state index is -0.493. The van der Waals surface area contributed by atoms with Crippen molar-refractivity contribution in [2.24, 2.45) is 0 Å². The maximum absolute atomic E-state index is 13.6. The van der Waals surface area contributed by atoms with E-state index in [0.29, 0.717) is 22.5 Å². The molecule has 0 saturated carbocycles. The van der Waals surface area contributed by atoms with Gasteiger partial charge in [0.2, 0.25) is 5.91 Å². The van der Waals surface area contributed by atoms with Gasteiger partial charge in [-0.3, -0.25) is 4.79 Å². The number of ether oxygens (including phenoxy) is 2. The molecule has 5 nitrogen and oxygen atoms in total. The topological polar surface area (TPSA) is 64.6 Å². The summed E-state index contributed by atoms with van der Waals surface area (Å²) in [5.41, 5.74) is 1.12. The Kier molecular flexibility index (Phi) is 5.70. The number of amides is 1. The van der Waals surface area contributed by atoms with Gasteiger partial charge in [0.1, 0.15) is 4.88 Å². The lowest BCUT2D eigenvalue weighted by Gasteiger charge is -2.07. The third-order valence-electron chi connectivity index (χ3n) is 3.17. The molecule has 0 aliphatic carbocycles. The van der Waals surface area contributed by atoms with Gasteiger partial charge in [-0.05, 0) is 35.6 Å². The van der Waals surface area contributed by atoms with Crippen molar-refractivity contribution in [1.82, 2.24) is 0 Å². The van der Waals surface area contributed by atoms with Crippen molar-refractivity contribution in [3.05, 3.63) is 45.9 Å². The van der Waals surface area contributed by atoms with E-state index in [1.807, 2.05) is 0 Å². The molecule has 0 unspecified atom stereocenters. The number of halogens is 1. The van der Waals surface area contributed by atoms with E-state index in [4.69, 9.17) is 4.74 Å². The molecule has 0 aliphatic rings. The van der Waals surface area contributed by atoms with Crippen LogP contribution < -0.4 is 10.1 Å². The summed E-state index contributed by atoms with van der Waals surface area (Å²) in [6, 6.07) is 6.22. The molecule has 1 amide bonds. The number of aryl methyl sites for hydroxylation is 1. The molecule has 0 saturated heterocycles. The van der Waals surface area contributed by atoms with E-state index in [9.17, 15) is 14.0 Å². The molecular formula is C16H16FNO4S. The average Bonchev–Trinajstić information content (AvgIpc) is 3.00. The standard InChI is InChI=1S/C16H16FNO4S/c1-21-13-5-3-10(9-11(13)17)4-6-14(19)18-12-7-8-23-15(12)16(20)22-2/h3,5,7-9H,4,6H2,1-2H3,(H,18,19). The van der Waals surface area contributed by atoms with Crippen LogP contribution >= 0.6 is 11.3 Å². The lowest BCUT2D eigenvalue weighted by atomic mass is 10.1. The number of thiophene rings is 1. The number of methoxy groups -OCH3 is 2. The number of benzene rings is 1. The molecule has 7 heteroatoms. The largest absolute Gasteiger partial charge is 0.494 e. The first-order valence-corrected chi connectivity index (χ1v) is 7.71. The normalized spacial score (nSPS) is 10.2. The number of carbonyl (C=O) groups is 2. The Morgan fingerprint density at radius 1 is 1.26 bits per heavy atom. The molecule has 0 fully saturated rings. The maximum atomic E-state index is 13.6. The van der Waals surface area contributed by atoms with Crippen molar-refractivity contribution in [3.8, 4) is 5.75 Å². The molecule has 0 spiro atoms. The Labute approximate surface area is 137 Å². The van der Waals surface area contributed by atoms with Gasteiger partial charge in [-0.25, -0.2) is 9.18 Å². The summed E-state index contributed by atoms with van der Waals surface area (Å²) in [5.74, 6) is -1.05. The van der Waals surface area contributed by atoms with Gasteiger partial charge in [0.05, 0.1) is 19.9 Å². The molecule has 1 N–H and O–H groups in total. The van der Waals surface area contributed by atoms with Gasteiger partial charge in [0.15, 0.2) is 11.6 Å². The maximum Gasteiger partial charge on any atom is 0.350 e. The van der Waals surface area contributed by atoms with E-state index < -0.39 is 11.8 Å². The highest BCUT2D eigenvalue weighted by molar-refractivity contribution is 7.12. The van der Waals surface area contributed by atoms with Gasteiger partial charge in [-0.15, -0.1) is 11.3 Å². The van der Waals surface area contributed by atoms with E-state index in [-0.39, 0.29) is 18.1 Å². The highest BCUT2D eigenvalue weighted by Crippen LogP contribution is 2.23. The average molecular weight is 337 g/mol. The predicted octanol–water partition coefficient (Wildman–Crippen LogP) is 3.25. The smallest absolute Gasteiger partial charge is 0.350 e. The molecule has 0 atom stereocenters. The van der Waals surface area contributed by atoms with Crippen LogP contribution in [0.3, 0.4) is 0 Å². The van der Waals surface area contributed by atoms with Gasteiger partial charge < -0.3 is 14.8 Å². The number of hydrogen-bond donors (Lipinski definition) is 1. The van der Waals surface area contributed by atoms with Crippen LogP contribution in [0, 0.1) is 5.82 Å². The zero-order chi connectivity index (χ0) is 16.8. The second-order valence-electron chi connectivity index (χ2n) is 4.67. The lowest BCUT2D eigenvalue weighted by Crippen LogP contribution is -2.14. The summed E-state index contributed by atoms with van der Waals surface area (Å²) in [6.45, 7) is 0. The number of esters is 1. The molecule has 1 heterocycles. The van der Waals surface area contributed by atoms with Gasteiger partial charge >= 0.3 is 5.97 Å². The predicted molar refractivity (Wildman–Crippen MR) is 85.6 cm³/mol. The van der Waals surface area contributed by atoms with E-state index in [1.54, 1.807) is 17.5 Å². The minimum absolute atomic E-state index is 0.166. The van der Waals surface area contributed by atoms with Crippen LogP contribution in [-0.2, 0) is 16.0 Å². The molecular weight excluding hydrogens is 321 g/mol. The molecule has 0 aliphatic heterocycles. The van der Waals surface area contributed by atoms with Crippen molar-refractivity contribution >= 4 is 28.9 Å². The van der Waals surface area contributed by atoms with Gasteiger partial charge in [-0.2, -0.15) is 0 Å². The molecule has 1 aromatic carbocycles. The third-order valence-corrected chi connectivity index (χ3v) is 4.06. The van der Waals surface area contributed by atoms with Crippen LogP contribution in [0.5, 0.6) is 5.75 Å². The lowest BCUT2D eigenvalue weighted by molar-refractivity contribution is -0.116. The number of anilines is 1. The summed E-state index contributed by atoms with van der Waals surface area (Å²) in [5, 5.41) is 4.36. The van der Waals surface area contributed by atoms with E-state index in [2.05, 4.69) is 10.1 Å². The monoisotopic (exact) mass is 337 g/mol. The fraction of sp³-hybridized carbons (Fsp3) is 0.250. The quantitative estimate of drug-likeness (QED) is 0.822. The fourth-order valence-electron chi connectivity index (χ4n) is 1.99. The van der Waals surface area contributed by atoms with E-state index in [1.165, 1.54) is 37.7 Å². The summed E-state index contributed by atoms with van der Waals surface area (Å²) in [6.07, 6.45) is 0.548. The number of carbonyl (C=O) groups excluding carboxylic acids is 2. The Morgan fingerprint density at radius 3 is 2.70 bits per heavy atom. The summed E-state index contributed by atoms with van der Waals surface area (Å²) < 4.78 is 23.1. The highest BCUT2D eigenvalue weighted by atomic mass is 32.1. The molecule has 122 valence electrons. The van der Waals surface area contributed by atoms with Crippen LogP contribution in [0.2, 0.25) is 0 Å². The van der Waals surface area contributed by atoms with Gasteiger partial charge in [-0.1, -0.05) is 6.07 Å². The van der Waals surface area contributed by atoms with Crippen molar-refractivity contribution in [2.75, 3.05) is 19.5 Å². The fourth-order valence-corrected chi connectivity index (χ4v) is 2.76. The Balaban J connectivity index is 1.94. The molecule has 2 aromatic rings. The van der Waals surface area contributed by atoms with Gasteiger partial charge in [0.25, 0.3) is 0 Å². The SMILES string of the molecule is COC(=O)c1sccc1NC(=O)CCc1ccc(OC)c(F)c1. The second-order valence-corrected chi connectivity index (χ2v) is 5.59. The zero-order valence-corrected chi connectivity index (χ0v) is 13.5. The van der Waals surface area contributed by atoms with Crippen molar-refractivity contribution in [3.63, 3.8) is 0 Å². The minimum Gasteiger partial charge on any atom is -0.494 e. The Morgan fingerprint density at radius 2 is 2.04 bits per heavy atom. The van der Waals surface area contributed by atoms with Crippen molar-refractivity contribution in [2.45, 2.75) is 12.8 Å². The summed E-state index contributed by atoms with van der Waals surface area (Å²) in [4.78, 5) is 23.9. The molecule has 23 heavy (non-hydrogen) atoms. The number of hydrogen-bond acceptors (Lipinski definition) is 5. The summed E-state index contributed by atoms with van der Waals surface area (Å²) >= 11 is 1.19. The first-order valence-electron chi connectivity index (χ1n) is 6.83. The van der Waals surface area contributed by atoms with Crippen LogP contribution in [0.25, 0.3) is 0 Å². The first-order chi connectivity index (χ1) is 11.0. The van der Waals surface area contributed by atoms with Gasteiger partial charge in [0, 0.05) is 6.42 Å². The van der Waals surface area contributed by atoms with E-state index in [0.717, 1.165) is 0 Å². The van der Waals surface area contributed by atoms with Crippen LogP contribution in [0.4, 0.5) is 10.1 Å². The number of nitrogens with one attached hydrogen (secondary N) is 1. The molecule has 0 bridgehead atoms. The highest BCUT2D eigenvalue weighted by Gasteiger charge is 2.15. The van der Waals surface area contributed by atoms with Crippen LogP contribution in [0.15, 0.2) is 29.6 Å². The van der Waals surface area contributed by atoms with Crippen LogP contribution in [0.1, 0.15) is 21.7 Å². The van der Waals surface area contributed by atoms with Crippen LogP contribution in [-0.4, -0.2) is 26.1 Å². The first kappa shape index (κ1) is 17.0. The van der Waals surface area contributed by atoms with Crippen molar-refractivity contribution < 1.29 is 23.5 Å². The summed E-state index contributed by atoms with van der Waals surface area (Å²) in [7, 11) is 2.68. The molecule has 1 aromatic heterocycles. The van der Waals surface area contributed by atoms with Crippen molar-refractivity contribution in [1.29, 1.82) is 0 Å².